The number of rotatable bonds is 9. The highest BCUT2D eigenvalue weighted by Gasteiger charge is 2.07. The van der Waals surface area contributed by atoms with Crippen molar-refractivity contribution in [3.8, 4) is 17.2 Å². The highest BCUT2D eigenvalue weighted by Crippen LogP contribution is 2.29. The number of hydrogen-bond acceptors (Lipinski definition) is 5. The second kappa shape index (κ2) is 11.5. The fourth-order valence-corrected chi connectivity index (χ4v) is 2.90. The van der Waals surface area contributed by atoms with Crippen LogP contribution in [0.2, 0.25) is 5.15 Å². The van der Waals surface area contributed by atoms with Crippen LogP contribution in [0.3, 0.4) is 0 Å². The second-order valence-corrected chi connectivity index (χ2v) is 6.57. The molecule has 0 aliphatic carbocycles. The van der Waals surface area contributed by atoms with Crippen LogP contribution in [0.1, 0.15) is 16.7 Å². The molecule has 0 fully saturated rings. The molecule has 0 radical (unpaired) electrons. The van der Waals surface area contributed by atoms with Crippen molar-refractivity contribution in [3.63, 3.8) is 0 Å². The van der Waals surface area contributed by atoms with E-state index in [0.29, 0.717) is 36.3 Å². The Labute approximate surface area is 182 Å². The maximum Gasteiger partial charge on any atom is 0.161 e. The molecule has 0 saturated heterocycles. The number of nitrogens with zero attached hydrogens (tertiary/aromatic N) is 1. The molecule has 0 aliphatic heterocycles. The molecule has 0 atom stereocenters. The standard InChI is InChI=1S/C22H23ClN2O3.ClH/c1-26-19-6-4-3-5-18(19)14-24-12-16-7-9-20(21(11-16)27-2)28-15-17-8-10-22(23)25-13-17;/h3-11,13,24H,12,14-15H2,1-2H3;1H. The number of para-hydroxylation sites is 1. The van der Waals surface area contributed by atoms with Crippen molar-refractivity contribution in [1.29, 1.82) is 0 Å². The maximum atomic E-state index is 5.87. The molecule has 0 saturated carbocycles. The first-order valence-corrected chi connectivity index (χ1v) is 9.30. The van der Waals surface area contributed by atoms with Crippen LogP contribution in [0.15, 0.2) is 60.8 Å². The quantitative estimate of drug-likeness (QED) is 0.477. The molecule has 29 heavy (non-hydrogen) atoms. The molecular weight excluding hydrogens is 411 g/mol. The minimum atomic E-state index is 0. The van der Waals surface area contributed by atoms with Crippen LogP contribution in [0.5, 0.6) is 17.2 Å². The Kier molecular flexibility index (Phi) is 9.06. The van der Waals surface area contributed by atoms with E-state index in [4.69, 9.17) is 25.8 Å². The highest BCUT2D eigenvalue weighted by atomic mass is 35.5. The van der Waals surface area contributed by atoms with Gasteiger partial charge in [0, 0.05) is 30.4 Å². The molecule has 2 aromatic carbocycles. The van der Waals surface area contributed by atoms with Gasteiger partial charge in [0.25, 0.3) is 0 Å². The Balaban J connectivity index is 0.00000300. The number of pyridine rings is 1. The average Bonchev–Trinajstić information content (AvgIpc) is 2.74. The van der Waals surface area contributed by atoms with Crippen LogP contribution in [0.25, 0.3) is 0 Å². The van der Waals surface area contributed by atoms with E-state index in [1.807, 2.05) is 42.5 Å². The summed E-state index contributed by atoms with van der Waals surface area (Å²) in [5.41, 5.74) is 3.16. The zero-order chi connectivity index (χ0) is 19.8. The van der Waals surface area contributed by atoms with E-state index in [2.05, 4.69) is 16.4 Å². The summed E-state index contributed by atoms with van der Waals surface area (Å²) in [6.45, 7) is 1.82. The number of ether oxygens (including phenoxy) is 3. The van der Waals surface area contributed by atoms with E-state index < -0.39 is 0 Å². The third-order valence-corrected chi connectivity index (χ3v) is 4.47. The Morgan fingerprint density at radius 3 is 2.34 bits per heavy atom. The lowest BCUT2D eigenvalue weighted by Gasteiger charge is -2.13. The molecule has 7 heteroatoms. The van der Waals surface area contributed by atoms with Gasteiger partial charge in [0.2, 0.25) is 0 Å². The first-order valence-electron chi connectivity index (χ1n) is 8.92. The van der Waals surface area contributed by atoms with Gasteiger partial charge >= 0.3 is 0 Å². The van der Waals surface area contributed by atoms with Crippen molar-refractivity contribution < 1.29 is 14.2 Å². The topological polar surface area (TPSA) is 52.6 Å². The molecule has 0 unspecified atom stereocenters. The molecule has 3 rings (SSSR count). The van der Waals surface area contributed by atoms with Crippen molar-refractivity contribution in [2.45, 2.75) is 19.7 Å². The van der Waals surface area contributed by atoms with Gasteiger partial charge < -0.3 is 19.5 Å². The summed E-state index contributed by atoms with van der Waals surface area (Å²) in [6.07, 6.45) is 1.70. The largest absolute Gasteiger partial charge is 0.496 e. The van der Waals surface area contributed by atoms with Crippen LogP contribution in [-0.2, 0) is 19.7 Å². The lowest BCUT2D eigenvalue weighted by molar-refractivity contribution is 0.284. The van der Waals surface area contributed by atoms with Gasteiger partial charge in [-0.3, -0.25) is 0 Å². The zero-order valence-corrected chi connectivity index (χ0v) is 17.9. The number of halogens is 2. The molecule has 154 valence electrons. The summed E-state index contributed by atoms with van der Waals surface area (Å²) in [5.74, 6) is 2.26. The van der Waals surface area contributed by atoms with Crippen LogP contribution in [0, 0.1) is 0 Å². The van der Waals surface area contributed by atoms with Crippen molar-refractivity contribution in [2.24, 2.45) is 0 Å². The van der Waals surface area contributed by atoms with Crippen molar-refractivity contribution in [2.75, 3.05) is 14.2 Å². The van der Waals surface area contributed by atoms with E-state index in [-0.39, 0.29) is 12.4 Å². The molecule has 1 aromatic heterocycles. The highest BCUT2D eigenvalue weighted by molar-refractivity contribution is 6.29. The predicted molar refractivity (Wildman–Crippen MR) is 117 cm³/mol. The summed E-state index contributed by atoms with van der Waals surface area (Å²) in [4.78, 5) is 4.06. The Bertz CT molecular complexity index is 905. The van der Waals surface area contributed by atoms with E-state index in [1.54, 1.807) is 26.5 Å². The van der Waals surface area contributed by atoms with E-state index in [0.717, 1.165) is 22.4 Å². The van der Waals surface area contributed by atoms with Gasteiger partial charge in [-0.25, -0.2) is 4.98 Å². The fraction of sp³-hybridized carbons (Fsp3) is 0.227. The molecule has 3 aromatic rings. The van der Waals surface area contributed by atoms with E-state index in [9.17, 15) is 0 Å². The van der Waals surface area contributed by atoms with Gasteiger partial charge in [-0.15, -0.1) is 12.4 Å². The maximum absolute atomic E-state index is 5.87. The Hall–Kier alpha value is -2.47. The lowest BCUT2D eigenvalue weighted by atomic mass is 10.1. The average molecular weight is 435 g/mol. The normalized spacial score (nSPS) is 10.2. The number of nitrogens with one attached hydrogen (secondary N) is 1. The summed E-state index contributed by atoms with van der Waals surface area (Å²) in [5, 5.41) is 3.89. The van der Waals surface area contributed by atoms with E-state index >= 15 is 0 Å². The number of methoxy groups -OCH3 is 2. The molecule has 0 bridgehead atoms. The van der Waals surface area contributed by atoms with Crippen molar-refractivity contribution in [1.82, 2.24) is 10.3 Å². The van der Waals surface area contributed by atoms with Gasteiger partial charge in [-0.1, -0.05) is 41.9 Å². The van der Waals surface area contributed by atoms with Gasteiger partial charge in [0.15, 0.2) is 11.5 Å². The first-order chi connectivity index (χ1) is 13.7. The van der Waals surface area contributed by atoms with Crippen molar-refractivity contribution >= 4 is 24.0 Å². The molecule has 0 amide bonds. The number of aromatic nitrogens is 1. The van der Waals surface area contributed by atoms with Crippen LogP contribution < -0.4 is 19.5 Å². The zero-order valence-electron chi connectivity index (χ0n) is 16.4. The molecule has 0 aliphatic rings. The predicted octanol–water partition coefficient (Wildman–Crippen LogP) is 5.04. The fourth-order valence-electron chi connectivity index (χ4n) is 2.78. The molecule has 0 spiro atoms. The summed E-state index contributed by atoms with van der Waals surface area (Å²) < 4.78 is 16.7. The van der Waals surface area contributed by atoms with Gasteiger partial charge in [0.1, 0.15) is 17.5 Å². The number of hydrogen-bond donors (Lipinski definition) is 1. The molecule has 1 N–H and O–H groups in total. The summed E-state index contributed by atoms with van der Waals surface area (Å²) in [7, 11) is 3.32. The summed E-state index contributed by atoms with van der Waals surface area (Å²) in [6, 6.07) is 17.5. The molecule has 5 nitrogen and oxygen atoms in total. The van der Waals surface area contributed by atoms with Gasteiger partial charge in [-0.2, -0.15) is 0 Å². The molecular formula is C22H24Cl2N2O3. The van der Waals surface area contributed by atoms with Gasteiger partial charge in [-0.05, 0) is 29.8 Å². The van der Waals surface area contributed by atoms with Gasteiger partial charge in [0.05, 0.1) is 14.2 Å². The van der Waals surface area contributed by atoms with Crippen LogP contribution in [-0.4, -0.2) is 19.2 Å². The number of benzene rings is 2. The minimum absolute atomic E-state index is 0. The van der Waals surface area contributed by atoms with Crippen LogP contribution >= 0.6 is 24.0 Å². The third kappa shape index (κ3) is 6.53. The smallest absolute Gasteiger partial charge is 0.161 e. The third-order valence-electron chi connectivity index (χ3n) is 4.25. The lowest BCUT2D eigenvalue weighted by Crippen LogP contribution is -2.13. The minimum Gasteiger partial charge on any atom is -0.496 e. The molecule has 1 heterocycles. The Morgan fingerprint density at radius 2 is 1.62 bits per heavy atom. The monoisotopic (exact) mass is 434 g/mol. The first kappa shape index (κ1) is 22.8. The van der Waals surface area contributed by atoms with Crippen LogP contribution in [0.4, 0.5) is 0 Å². The SMILES string of the molecule is COc1ccccc1CNCc1ccc(OCc2ccc(Cl)nc2)c(OC)c1.Cl. The second-order valence-electron chi connectivity index (χ2n) is 6.18. The summed E-state index contributed by atoms with van der Waals surface area (Å²) >= 11 is 5.81. The van der Waals surface area contributed by atoms with E-state index in [1.165, 1.54) is 0 Å². The Morgan fingerprint density at radius 1 is 0.862 bits per heavy atom. The van der Waals surface area contributed by atoms with Crippen molar-refractivity contribution in [3.05, 3.63) is 82.6 Å².